The molecule has 2 saturated heterocycles. The Morgan fingerprint density at radius 1 is 0.400 bits per heavy atom. The van der Waals surface area contributed by atoms with Crippen LogP contribution in [0.25, 0.3) is 0 Å². The van der Waals surface area contributed by atoms with Gasteiger partial charge in [0.2, 0.25) is 11.8 Å². The molecule has 2 rings (SSSR count). The van der Waals surface area contributed by atoms with Crippen molar-refractivity contribution in [2.45, 2.75) is 480 Å². The summed E-state index contributed by atoms with van der Waals surface area (Å²) in [5.41, 5.74) is 0. The molecule has 0 saturated carbocycles. The summed E-state index contributed by atoms with van der Waals surface area (Å²) in [6, 6.07) is -3.32. The lowest BCUT2D eigenvalue weighted by Crippen LogP contribution is -2.67. The average molecular weight is 1520 g/mol. The number of phosphoric acid groups is 1. The van der Waals surface area contributed by atoms with Crippen LogP contribution in [-0.2, 0) is 61.5 Å². The van der Waals surface area contributed by atoms with Crippen molar-refractivity contribution < 1.29 is 96.8 Å². The van der Waals surface area contributed by atoms with E-state index in [-0.39, 0.29) is 25.7 Å². The standard InChI is InChI=1S/C82H155N2O20P/c1-6-11-16-21-26-31-32-33-34-39-44-49-54-58-72(89)99-66(56-51-46-41-36-28-23-18-13-8-3)61-70(87)83-75-78(93)77(92)69(101-81(75)94)64-98-82-76(80(79(68(63-85)102-82)104-105(95,96)97)103-74(91)60-65(86)55-50-45-40-35-27-22-17-12-7-2)84-71(88)62-67(57-52-47-42-37-29-24-19-14-9-4)100-73(90)59-53-48-43-38-30-25-20-15-10-5/h65-69,75-82,85-86,92-94H,6-64H2,1-5H3,(H,83,87)(H,84,88)(H2,95,96,97)/t65-,66-,67-,68-,69-,75-,76-,77-,78-,79-,80-,81?,82-/m1/s1. The highest BCUT2D eigenvalue weighted by Crippen LogP contribution is 2.43. The highest BCUT2D eigenvalue weighted by Gasteiger charge is 2.53. The van der Waals surface area contributed by atoms with Gasteiger partial charge in [0.1, 0.15) is 54.8 Å². The molecular weight excluding hydrogens is 1360 g/mol. The molecule has 13 atom stereocenters. The summed E-state index contributed by atoms with van der Waals surface area (Å²) < 4.78 is 54.1. The summed E-state index contributed by atoms with van der Waals surface area (Å²) in [5.74, 6) is -3.37. The molecule has 2 heterocycles. The Labute approximate surface area is 635 Å². The summed E-state index contributed by atoms with van der Waals surface area (Å²) in [4.78, 5) is 90.1. The summed E-state index contributed by atoms with van der Waals surface area (Å²) in [6.45, 7) is 9.20. The Balaban J connectivity index is 2.39. The molecule has 9 N–H and O–H groups in total. The zero-order valence-corrected chi connectivity index (χ0v) is 67.5. The van der Waals surface area contributed by atoms with Crippen LogP contribution in [0, 0.1) is 0 Å². The number of hydrogen-bond acceptors (Lipinski definition) is 18. The number of ether oxygens (including phenoxy) is 6. The van der Waals surface area contributed by atoms with Gasteiger partial charge in [0.25, 0.3) is 0 Å². The number of carbonyl (C=O) groups excluding carboxylic acids is 5. The predicted octanol–water partition coefficient (Wildman–Crippen LogP) is 17.0. The van der Waals surface area contributed by atoms with Gasteiger partial charge in [-0.05, 0) is 44.9 Å². The van der Waals surface area contributed by atoms with Crippen LogP contribution >= 0.6 is 7.82 Å². The van der Waals surface area contributed by atoms with Crippen LogP contribution in [0.4, 0.5) is 0 Å². The van der Waals surface area contributed by atoms with E-state index < -0.39 is 143 Å². The SMILES string of the molecule is CCCCCCCCCCCCCCCC(=O)O[C@H](CCCCCCCCCCC)CC(=O)N[C@H]1C(O)O[C@H](CO[C@@H]2O[C@H](CO)[C@@H](OP(=O)(O)O)[C@H](OC(=O)C[C@H](O)CCCCCCCCCCC)[C@H]2NC(=O)C[C@@H](CCCCCCCCCCC)OC(=O)CCCCCCCCCCC)[C@@H](O)[C@@H]1O. The second-order valence-electron chi connectivity index (χ2n) is 30.7. The van der Waals surface area contributed by atoms with Crippen molar-refractivity contribution in [3.05, 3.63) is 0 Å². The van der Waals surface area contributed by atoms with Crippen molar-refractivity contribution in [3.8, 4) is 0 Å². The minimum atomic E-state index is -5.52. The van der Waals surface area contributed by atoms with Crippen molar-refractivity contribution in [1.82, 2.24) is 10.6 Å². The Bertz CT molecular complexity index is 2180. The fourth-order valence-corrected chi connectivity index (χ4v) is 15.0. The number of carbonyl (C=O) groups is 5. The summed E-state index contributed by atoms with van der Waals surface area (Å²) in [7, 11) is -5.52. The van der Waals surface area contributed by atoms with E-state index in [9.17, 15) is 63.9 Å². The van der Waals surface area contributed by atoms with Gasteiger partial charge in [-0.15, -0.1) is 0 Å². The molecular formula is C82H155N2O20P. The number of hydrogen-bond donors (Lipinski definition) is 9. The average Bonchev–Trinajstić information content (AvgIpc) is 0.784. The fraction of sp³-hybridized carbons (Fsp3) is 0.939. The largest absolute Gasteiger partial charge is 0.470 e. The zero-order chi connectivity index (χ0) is 77.0. The number of aliphatic hydroxyl groups excluding tert-OH is 5. The van der Waals surface area contributed by atoms with E-state index in [2.05, 4.69) is 45.3 Å². The molecule has 2 amide bonds. The van der Waals surface area contributed by atoms with Crippen LogP contribution in [0.15, 0.2) is 0 Å². The van der Waals surface area contributed by atoms with E-state index >= 15 is 0 Å². The number of aliphatic hydroxyl groups is 5. The third kappa shape index (κ3) is 50.6. The monoisotopic (exact) mass is 1520 g/mol. The Morgan fingerprint density at radius 2 is 0.733 bits per heavy atom. The normalized spacial score (nSPS) is 21.4. The van der Waals surface area contributed by atoms with E-state index in [1.165, 1.54) is 135 Å². The van der Waals surface area contributed by atoms with Crippen LogP contribution in [0.1, 0.15) is 401 Å². The zero-order valence-electron chi connectivity index (χ0n) is 66.6. The molecule has 0 spiro atoms. The molecule has 23 heteroatoms. The van der Waals surface area contributed by atoms with E-state index in [1.54, 1.807) is 0 Å². The van der Waals surface area contributed by atoms with Crippen LogP contribution in [-0.4, -0.2) is 158 Å². The van der Waals surface area contributed by atoms with Crippen LogP contribution in [0.3, 0.4) is 0 Å². The molecule has 2 aliphatic rings. The van der Waals surface area contributed by atoms with E-state index in [4.69, 9.17) is 32.9 Å². The maximum atomic E-state index is 14.7. The predicted molar refractivity (Wildman–Crippen MR) is 413 cm³/mol. The molecule has 105 heavy (non-hydrogen) atoms. The van der Waals surface area contributed by atoms with Crippen molar-refractivity contribution in [1.29, 1.82) is 0 Å². The third-order valence-corrected chi connectivity index (χ3v) is 21.4. The quantitative estimate of drug-likeness (QED) is 0.0118. The first-order chi connectivity index (χ1) is 50.8. The lowest BCUT2D eigenvalue weighted by Gasteiger charge is -2.46. The molecule has 1 unspecified atom stereocenters. The molecule has 2 aliphatic heterocycles. The van der Waals surface area contributed by atoms with Gasteiger partial charge in [0.15, 0.2) is 18.7 Å². The van der Waals surface area contributed by atoms with Gasteiger partial charge in [-0.2, -0.15) is 0 Å². The number of phosphoric ester groups is 1. The summed E-state index contributed by atoms with van der Waals surface area (Å²) >= 11 is 0. The summed E-state index contributed by atoms with van der Waals surface area (Å²) in [6.07, 6.45) is 35.1. The molecule has 2 fully saturated rings. The molecule has 0 aromatic rings. The molecule has 0 aliphatic carbocycles. The number of amides is 2. The van der Waals surface area contributed by atoms with Gasteiger partial charge >= 0.3 is 25.7 Å². The smallest absolute Gasteiger partial charge is 0.462 e. The first-order valence-corrected chi connectivity index (χ1v) is 44.5. The van der Waals surface area contributed by atoms with Gasteiger partial charge < -0.3 is 74.4 Å². The number of unbranched alkanes of at least 4 members (excludes halogenated alkanes) is 44. The Kier molecular flexibility index (Phi) is 60.6. The molecule has 0 aromatic heterocycles. The van der Waals surface area contributed by atoms with Crippen LogP contribution in [0.5, 0.6) is 0 Å². The van der Waals surface area contributed by atoms with Gasteiger partial charge in [-0.3, -0.25) is 28.5 Å². The van der Waals surface area contributed by atoms with Gasteiger partial charge in [-0.25, -0.2) is 4.57 Å². The van der Waals surface area contributed by atoms with Crippen molar-refractivity contribution in [3.63, 3.8) is 0 Å². The van der Waals surface area contributed by atoms with Crippen molar-refractivity contribution >= 4 is 37.5 Å². The second-order valence-corrected chi connectivity index (χ2v) is 31.9. The van der Waals surface area contributed by atoms with E-state index in [0.717, 1.165) is 148 Å². The second kappa shape index (κ2) is 64.8. The van der Waals surface area contributed by atoms with Gasteiger partial charge in [0.05, 0.1) is 38.6 Å². The van der Waals surface area contributed by atoms with E-state index in [0.29, 0.717) is 44.9 Å². The highest BCUT2D eigenvalue weighted by atomic mass is 31.2. The minimum Gasteiger partial charge on any atom is -0.462 e. The molecule has 0 bridgehead atoms. The molecule has 0 aromatic carbocycles. The molecule has 618 valence electrons. The van der Waals surface area contributed by atoms with E-state index in [1.807, 2.05) is 0 Å². The minimum absolute atomic E-state index is 0.146. The fourth-order valence-electron chi connectivity index (χ4n) is 14.4. The lowest BCUT2D eigenvalue weighted by atomic mass is 9.95. The first kappa shape index (κ1) is 98.2. The van der Waals surface area contributed by atoms with Gasteiger partial charge in [0, 0.05) is 12.8 Å². The van der Waals surface area contributed by atoms with Gasteiger partial charge in [-0.1, -0.05) is 324 Å². The number of rotatable bonds is 71. The summed E-state index contributed by atoms with van der Waals surface area (Å²) in [5, 5.41) is 62.1. The van der Waals surface area contributed by atoms with Crippen LogP contribution < -0.4 is 10.6 Å². The maximum absolute atomic E-state index is 14.7. The number of nitrogens with one attached hydrogen (secondary N) is 2. The topological polar surface area (TPSA) is 333 Å². The van der Waals surface area contributed by atoms with Crippen molar-refractivity contribution in [2.75, 3.05) is 13.2 Å². The van der Waals surface area contributed by atoms with Crippen molar-refractivity contribution in [2.24, 2.45) is 0 Å². The lowest BCUT2D eigenvalue weighted by molar-refractivity contribution is -0.297. The Morgan fingerprint density at radius 3 is 1.09 bits per heavy atom. The third-order valence-electron chi connectivity index (χ3n) is 20.8. The Hall–Kier alpha value is -2.86. The maximum Gasteiger partial charge on any atom is 0.470 e. The molecule has 0 radical (unpaired) electrons. The molecule has 22 nitrogen and oxygen atoms in total. The first-order valence-electron chi connectivity index (χ1n) is 43.0. The highest BCUT2D eigenvalue weighted by molar-refractivity contribution is 7.46. The number of esters is 3. The van der Waals surface area contributed by atoms with Crippen LogP contribution in [0.2, 0.25) is 0 Å².